The molecule has 0 heterocycles. The summed E-state index contributed by atoms with van der Waals surface area (Å²) >= 11 is 0. The molecule has 140 valence electrons. The quantitative estimate of drug-likeness (QED) is 0.778. The third-order valence-electron chi connectivity index (χ3n) is 9.80. The molecule has 5 aliphatic carbocycles. The monoisotopic (exact) mass is 344 g/mol. The van der Waals surface area contributed by atoms with E-state index in [1.165, 1.54) is 25.7 Å². The molecule has 0 aliphatic heterocycles. The molecule has 5 saturated carbocycles. The molecule has 0 unspecified atom stereocenters. The summed E-state index contributed by atoms with van der Waals surface area (Å²) in [6.07, 6.45) is 10.5. The number of ketones is 1. The van der Waals surface area contributed by atoms with Crippen molar-refractivity contribution in [2.45, 2.75) is 84.2 Å². The molecule has 10 atom stereocenters. The predicted octanol–water partition coefficient (Wildman–Crippen LogP) is 4.84. The van der Waals surface area contributed by atoms with Gasteiger partial charge < -0.3 is 5.11 Å². The van der Waals surface area contributed by atoms with Crippen LogP contribution in [0.1, 0.15) is 78.6 Å². The first-order valence-electron chi connectivity index (χ1n) is 11.2. The van der Waals surface area contributed by atoms with Crippen molar-refractivity contribution < 1.29 is 9.90 Å². The van der Waals surface area contributed by atoms with Crippen molar-refractivity contribution in [3.8, 4) is 0 Å². The van der Waals surface area contributed by atoms with Crippen LogP contribution < -0.4 is 0 Å². The normalized spacial score (nSPS) is 59.6. The van der Waals surface area contributed by atoms with Crippen LogP contribution in [0.25, 0.3) is 0 Å². The Morgan fingerprint density at radius 2 is 1.84 bits per heavy atom. The minimum absolute atomic E-state index is 0.0213. The molecule has 5 aliphatic rings. The molecular weight excluding hydrogens is 308 g/mol. The molecule has 2 nitrogen and oxygen atoms in total. The highest BCUT2D eigenvalue weighted by molar-refractivity contribution is 5.93. The van der Waals surface area contributed by atoms with Gasteiger partial charge in [-0.1, -0.05) is 27.2 Å². The van der Waals surface area contributed by atoms with Crippen molar-refractivity contribution >= 4 is 5.78 Å². The first-order valence-corrected chi connectivity index (χ1v) is 11.2. The maximum Gasteiger partial charge on any atom is 0.142 e. The number of aliphatic hydroxyl groups is 1. The van der Waals surface area contributed by atoms with E-state index in [1.807, 2.05) is 0 Å². The molecule has 5 fully saturated rings. The van der Waals surface area contributed by atoms with Gasteiger partial charge in [-0.15, -0.1) is 0 Å². The number of Topliss-reactive ketones (excluding diaryl/α,β-unsaturated/α-hetero) is 1. The SMILES string of the molecule is CCC[C@@]1(O)CC[C@H]2[C@H](CC[C@@H]3[C@@H]2CC[C@]2(C)C(=O)[C@H]4[C@@H](C)[C@H]4[C@@H]32)C1. The minimum atomic E-state index is -0.370. The van der Waals surface area contributed by atoms with Gasteiger partial charge in [0.25, 0.3) is 0 Å². The fourth-order valence-electron chi connectivity index (χ4n) is 8.74. The fourth-order valence-corrected chi connectivity index (χ4v) is 8.74. The number of hydrogen-bond donors (Lipinski definition) is 1. The molecule has 0 saturated heterocycles. The van der Waals surface area contributed by atoms with E-state index in [2.05, 4.69) is 20.8 Å². The Kier molecular flexibility index (Phi) is 3.58. The molecule has 25 heavy (non-hydrogen) atoms. The summed E-state index contributed by atoms with van der Waals surface area (Å²) in [7, 11) is 0. The molecule has 0 aromatic carbocycles. The number of fused-ring (bicyclic) bond motifs is 7. The Bertz CT molecular complexity index is 585. The molecule has 0 spiro atoms. The zero-order chi connectivity index (χ0) is 17.6. The highest BCUT2D eigenvalue weighted by Gasteiger charge is 2.72. The van der Waals surface area contributed by atoms with Crippen molar-refractivity contribution in [1.82, 2.24) is 0 Å². The van der Waals surface area contributed by atoms with Crippen LogP contribution in [-0.4, -0.2) is 16.5 Å². The summed E-state index contributed by atoms with van der Waals surface area (Å²) in [6.45, 7) is 6.85. The Labute approximate surface area is 153 Å². The van der Waals surface area contributed by atoms with Crippen LogP contribution >= 0.6 is 0 Å². The van der Waals surface area contributed by atoms with Gasteiger partial charge in [0, 0.05) is 11.3 Å². The van der Waals surface area contributed by atoms with E-state index in [1.54, 1.807) is 0 Å². The lowest BCUT2D eigenvalue weighted by Gasteiger charge is -2.56. The van der Waals surface area contributed by atoms with E-state index in [0.29, 0.717) is 23.5 Å². The van der Waals surface area contributed by atoms with Crippen molar-refractivity contribution in [3.63, 3.8) is 0 Å². The van der Waals surface area contributed by atoms with E-state index in [4.69, 9.17) is 0 Å². The van der Waals surface area contributed by atoms with Crippen LogP contribution in [0.15, 0.2) is 0 Å². The second-order valence-electron chi connectivity index (χ2n) is 10.9. The highest BCUT2D eigenvalue weighted by atomic mass is 16.3. The number of rotatable bonds is 2. The predicted molar refractivity (Wildman–Crippen MR) is 98.9 cm³/mol. The van der Waals surface area contributed by atoms with Crippen molar-refractivity contribution in [2.24, 2.45) is 52.8 Å². The Balaban J connectivity index is 1.38. The zero-order valence-corrected chi connectivity index (χ0v) is 16.3. The summed E-state index contributed by atoms with van der Waals surface area (Å²) in [4.78, 5) is 13.0. The molecule has 5 rings (SSSR count). The minimum Gasteiger partial charge on any atom is -0.390 e. The molecule has 0 radical (unpaired) electrons. The summed E-state index contributed by atoms with van der Waals surface area (Å²) in [5, 5.41) is 11.0. The van der Waals surface area contributed by atoms with Crippen molar-refractivity contribution in [1.29, 1.82) is 0 Å². The van der Waals surface area contributed by atoms with Crippen LogP contribution in [0.5, 0.6) is 0 Å². The van der Waals surface area contributed by atoms with Crippen LogP contribution in [0, 0.1) is 52.8 Å². The maximum absolute atomic E-state index is 13.0. The summed E-state index contributed by atoms with van der Waals surface area (Å²) < 4.78 is 0. The number of carbonyl (C=O) groups is 1. The summed E-state index contributed by atoms with van der Waals surface area (Å²) in [6, 6.07) is 0. The van der Waals surface area contributed by atoms with E-state index in [-0.39, 0.29) is 11.0 Å². The third kappa shape index (κ3) is 2.15. The average molecular weight is 345 g/mol. The largest absolute Gasteiger partial charge is 0.390 e. The van der Waals surface area contributed by atoms with Gasteiger partial charge >= 0.3 is 0 Å². The average Bonchev–Trinajstić information content (AvgIpc) is 3.15. The molecular formula is C23H36O2. The molecule has 2 heteroatoms. The Morgan fingerprint density at radius 1 is 1.08 bits per heavy atom. The van der Waals surface area contributed by atoms with E-state index in [9.17, 15) is 9.90 Å². The molecule has 0 aromatic heterocycles. The van der Waals surface area contributed by atoms with E-state index >= 15 is 0 Å². The summed E-state index contributed by atoms with van der Waals surface area (Å²) in [5.41, 5.74) is -0.348. The van der Waals surface area contributed by atoms with Gasteiger partial charge in [0.1, 0.15) is 5.78 Å². The summed E-state index contributed by atoms with van der Waals surface area (Å²) in [5.74, 6) is 6.39. The first kappa shape index (κ1) is 16.8. The standard InChI is InChI=1S/C23H36O2/c1-4-9-23(25)11-8-15-14(12-23)5-6-17-16(15)7-10-22(3)20(17)18-13(2)19(18)21(22)24/h13-20,25H,4-12H2,1-3H3/t13-,14+,15-,16+,17+,18+,19-,20+,22-,23+/m0/s1. The Morgan fingerprint density at radius 3 is 2.60 bits per heavy atom. The third-order valence-corrected chi connectivity index (χ3v) is 9.80. The van der Waals surface area contributed by atoms with Gasteiger partial charge in [-0.05, 0) is 92.8 Å². The van der Waals surface area contributed by atoms with E-state index < -0.39 is 0 Å². The lowest BCUT2D eigenvalue weighted by molar-refractivity contribution is -0.141. The van der Waals surface area contributed by atoms with Crippen LogP contribution in [0.2, 0.25) is 0 Å². The van der Waals surface area contributed by atoms with Crippen LogP contribution in [0.3, 0.4) is 0 Å². The zero-order valence-electron chi connectivity index (χ0n) is 16.3. The second kappa shape index (κ2) is 5.33. The maximum atomic E-state index is 13.0. The van der Waals surface area contributed by atoms with Gasteiger partial charge in [-0.3, -0.25) is 4.79 Å². The first-order chi connectivity index (χ1) is 11.9. The van der Waals surface area contributed by atoms with Gasteiger partial charge in [0.15, 0.2) is 0 Å². The van der Waals surface area contributed by atoms with Gasteiger partial charge in [0.2, 0.25) is 0 Å². The van der Waals surface area contributed by atoms with Gasteiger partial charge in [-0.2, -0.15) is 0 Å². The topological polar surface area (TPSA) is 37.3 Å². The molecule has 0 bridgehead atoms. The second-order valence-corrected chi connectivity index (χ2v) is 10.9. The van der Waals surface area contributed by atoms with Gasteiger partial charge in [-0.25, -0.2) is 0 Å². The fraction of sp³-hybridized carbons (Fsp3) is 0.957. The van der Waals surface area contributed by atoms with Gasteiger partial charge in [0.05, 0.1) is 5.60 Å². The number of carbonyl (C=O) groups excluding carboxylic acids is 1. The van der Waals surface area contributed by atoms with Crippen LogP contribution in [0.4, 0.5) is 0 Å². The highest BCUT2D eigenvalue weighted by Crippen LogP contribution is 2.72. The number of hydrogen-bond acceptors (Lipinski definition) is 2. The molecule has 0 amide bonds. The van der Waals surface area contributed by atoms with Crippen molar-refractivity contribution in [3.05, 3.63) is 0 Å². The molecule has 0 aromatic rings. The Hall–Kier alpha value is -0.370. The van der Waals surface area contributed by atoms with Crippen LogP contribution in [-0.2, 0) is 4.79 Å². The molecule has 1 N–H and O–H groups in total. The van der Waals surface area contributed by atoms with E-state index in [0.717, 1.165) is 61.7 Å². The smallest absolute Gasteiger partial charge is 0.142 e. The lowest BCUT2D eigenvalue weighted by Crippen LogP contribution is -2.52. The van der Waals surface area contributed by atoms with Crippen molar-refractivity contribution in [2.75, 3.05) is 0 Å². The lowest BCUT2D eigenvalue weighted by atomic mass is 9.48.